The highest BCUT2D eigenvalue weighted by Gasteiger charge is 2.27. The molecular formula is C21H22FNO3. The first-order valence-electron chi connectivity index (χ1n) is 8.78. The number of likely N-dealkylation sites (tertiary alicyclic amines) is 1. The van der Waals surface area contributed by atoms with Crippen molar-refractivity contribution in [3.8, 4) is 0 Å². The number of carbonyl (C=O) groups excluding carboxylic acids is 2. The molecule has 0 spiro atoms. The highest BCUT2D eigenvalue weighted by atomic mass is 19.1. The molecule has 2 aromatic carbocycles. The summed E-state index contributed by atoms with van der Waals surface area (Å²) in [6.07, 6.45) is 2.09. The Hall–Kier alpha value is -2.69. The maximum atomic E-state index is 13.1. The van der Waals surface area contributed by atoms with Crippen LogP contribution in [-0.2, 0) is 16.0 Å². The first kappa shape index (κ1) is 18.1. The van der Waals surface area contributed by atoms with Crippen LogP contribution in [0.5, 0.6) is 0 Å². The number of amides is 1. The Labute approximate surface area is 152 Å². The van der Waals surface area contributed by atoms with Crippen LogP contribution in [0.3, 0.4) is 0 Å². The standard InChI is InChI=1S/C21H22FNO3/c1-26-20(24)13-16-5-2-3-7-19(16)17-6-4-12-23(14-17)21(25)15-8-10-18(22)11-9-15/h2-3,5,7-11,17H,4,6,12-14H2,1H3. The second kappa shape index (κ2) is 8.13. The van der Waals surface area contributed by atoms with Crippen molar-refractivity contribution in [3.63, 3.8) is 0 Å². The van der Waals surface area contributed by atoms with Gasteiger partial charge in [-0.2, -0.15) is 0 Å². The zero-order chi connectivity index (χ0) is 18.5. The first-order valence-corrected chi connectivity index (χ1v) is 8.78. The quantitative estimate of drug-likeness (QED) is 0.788. The molecule has 3 rings (SSSR count). The van der Waals surface area contributed by atoms with Crippen LogP contribution in [0.25, 0.3) is 0 Å². The van der Waals surface area contributed by atoms with Gasteiger partial charge in [0, 0.05) is 24.6 Å². The van der Waals surface area contributed by atoms with Crippen LogP contribution in [0.15, 0.2) is 48.5 Å². The minimum Gasteiger partial charge on any atom is -0.469 e. The molecule has 1 amide bonds. The lowest BCUT2D eigenvalue weighted by molar-refractivity contribution is -0.139. The summed E-state index contributed by atoms with van der Waals surface area (Å²) in [5.41, 5.74) is 2.53. The molecule has 26 heavy (non-hydrogen) atoms. The summed E-state index contributed by atoms with van der Waals surface area (Å²) in [4.78, 5) is 26.2. The van der Waals surface area contributed by atoms with Crippen molar-refractivity contribution in [3.05, 3.63) is 71.0 Å². The number of hydrogen-bond donors (Lipinski definition) is 0. The van der Waals surface area contributed by atoms with Gasteiger partial charge in [0.25, 0.3) is 5.91 Å². The highest BCUT2D eigenvalue weighted by molar-refractivity contribution is 5.94. The third-order valence-electron chi connectivity index (χ3n) is 4.86. The normalized spacial score (nSPS) is 17.0. The molecule has 2 aromatic rings. The van der Waals surface area contributed by atoms with E-state index in [-0.39, 0.29) is 30.0 Å². The molecule has 1 unspecified atom stereocenters. The molecule has 1 heterocycles. The van der Waals surface area contributed by atoms with E-state index in [0.29, 0.717) is 18.7 Å². The van der Waals surface area contributed by atoms with E-state index in [1.165, 1.54) is 31.4 Å². The van der Waals surface area contributed by atoms with Gasteiger partial charge in [-0.15, -0.1) is 0 Å². The molecule has 0 aliphatic carbocycles. The highest BCUT2D eigenvalue weighted by Crippen LogP contribution is 2.30. The zero-order valence-corrected chi connectivity index (χ0v) is 14.8. The predicted molar refractivity (Wildman–Crippen MR) is 96.4 cm³/mol. The summed E-state index contributed by atoms with van der Waals surface area (Å²) in [6, 6.07) is 13.5. The maximum Gasteiger partial charge on any atom is 0.309 e. The second-order valence-corrected chi connectivity index (χ2v) is 6.55. The smallest absolute Gasteiger partial charge is 0.309 e. The van der Waals surface area contributed by atoms with E-state index in [1.807, 2.05) is 29.2 Å². The van der Waals surface area contributed by atoms with E-state index in [9.17, 15) is 14.0 Å². The van der Waals surface area contributed by atoms with Gasteiger partial charge in [-0.3, -0.25) is 9.59 Å². The molecule has 4 nitrogen and oxygen atoms in total. The Bertz CT molecular complexity index is 788. The Balaban J connectivity index is 1.77. The topological polar surface area (TPSA) is 46.6 Å². The Kier molecular flexibility index (Phi) is 5.66. The average Bonchev–Trinajstić information content (AvgIpc) is 2.68. The molecule has 0 bridgehead atoms. The van der Waals surface area contributed by atoms with Gasteiger partial charge >= 0.3 is 5.97 Å². The van der Waals surface area contributed by atoms with E-state index in [4.69, 9.17) is 4.74 Å². The molecular weight excluding hydrogens is 333 g/mol. The van der Waals surface area contributed by atoms with Gasteiger partial charge in [0.05, 0.1) is 13.5 Å². The van der Waals surface area contributed by atoms with Crippen LogP contribution in [0.1, 0.15) is 40.2 Å². The number of nitrogens with zero attached hydrogens (tertiary/aromatic N) is 1. The van der Waals surface area contributed by atoms with E-state index in [2.05, 4.69) is 0 Å². The number of esters is 1. The Morgan fingerprint density at radius 2 is 1.88 bits per heavy atom. The molecule has 0 N–H and O–H groups in total. The van der Waals surface area contributed by atoms with Crippen molar-refractivity contribution in [2.75, 3.05) is 20.2 Å². The molecule has 1 aliphatic heterocycles. The molecule has 136 valence electrons. The van der Waals surface area contributed by atoms with Crippen molar-refractivity contribution >= 4 is 11.9 Å². The number of ether oxygens (including phenoxy) is 1. The lowest BCUT2D eigenvalue weighted by atomic mass is 9.86. The third-order valence-corrected chi connectivity index (χ3v) is 4.86. The lowest BCUT2D eigenvalue weighted by Gasteiger charge is -2.34. The molecule has 0 saturated carbocycles. The van der Waals surface area contributed by atoms with E-state index in [0.717, 1.165) is 24.0 Å². The van der Waals surface area contributed by atoms with Crippen molar-refractivity contribution < 1.29 is 18.7 Å². The largest absolute Gasteiger partial charge is 0.469 e. The van der Waals surface area contributed by atoms with Gasteiger partial charge in [-0.25, -0.2) is 4.39 Å². The van der Waals surface area contributed by atoms with Crippen molar-refractivity contribution in [1.82, 2.24) is 4.90 Å². The number of piperidine rings is 1. The summed E-state index contributed by atoms with van der Waals surface area (Å²) >= 11 is 0. The maximum absolute atomic E-state index is 13.1. The predicted octanol–water partition coefficient (Wildman–Crippen LogP) is 3.56. The van der Waals surface area contributed by atoms with Crippen LogP contribution < -0.4 is 0 Å². The Morgan fingerprint density at radius 3 is 2.62 bits per heavy atom. The van der Waals surface area contributed by atoms with E-state index in [1.54, 1.807) is 0 Å². The van der Waals surface area contributed by atoms with Gasteiger partial charge in [0.2, 0.25) is 0 Å². The molecule has 0 aromatic heterocycles. The minimum absolute atomic E-state index is 0.0832. The van der Waals surface area contributed by atoms with Gasteiger partial charge in [-0.05, 0) is 48.2 Å². The summed E-state index contributed by atoms with van der Waals surface area (Å²) < 4.78 is 17.9. The molecule has 5 heteroatoms. The van der Waals surface area contributed by atoms with Gasteiger partial charge in [-0.1, -0.05) is 24.3 Å². The van der Waals surface area contributed by atoms with Gasteiger partial charge < -0.3 is 9.64 Å². The van der Waals surface area contributed by atoms with Crippen molar-refractivity contribution in [1.29, 1.82) is 0 Å². The van der Waals surface area contributed by atoms with Gasteiger partial charge in [0.1, 0.15) is 5.82 Å². The second-order valence-electron chi connectivity index (χ2n) is 6.55. The number of benzene rings is 2. The average molecular weight is 355 g/mol. The number of methoxy groups -OCH3 is 1. The molecule has 1 saturated heterocycles. The fraction of sp³-hybridized carbons (Fsp3) is 0.333. The van der Waals surface area contributed by atoms with Crippen LogP contribution >= 0.6 is 0 Å². The van der Waals surface area contributed by atoms with Crippen LogP contribution in [0.4, 0.5) is 4.39 Å². The molecule has 1 aliphatic rings. The fourth-order valence-electron chi connectivity index (χ4n) is 3.51. The number of hydrogen-bond acceptors (Lipinski definition) is 3. The minimum atomic E-state index is -0.352. The van der Waals surface area contributed by atoms with Crippen LogP contribution in [0.2, 0.25) is 0 Å². The Morgan fingerprint density at radius 1 is 1.15 bits per heavy atom. The zero-order valence-electron chi connectivity index (χ0n) is 14.8. The fourth-order valence-corrected chi connectivity index (χ4v) is 3.51. The number of rotatable bonds is 4. The van der Waals surface area contributed by atoms with Crippen molar-refractivity contribution in [2.45, 2.75) is 25.2 Å². The molecule has 0 radical (unpaired) electrons. The first-order chi connectivity index (χ1) is 12.6. The van der Waals surface area contributed by atoms with Crippen LogP contribution in [0, 0.1) is 5.82 Å². The summed E-state index contributed by atoms with van der Waals surface area (Å²) in [7, 11) is 1.38. The van der Waals surface area contributed by atoms with Crippen LogP contribution in [-0.4, -0.2) is 37.0 Å². The monoisotopic (exact) mass is 355 g/mol. The lowest BCUT2D eigenvalue weighted by Crippen LogP contribution is -2.39. The SMILES string of the molecule is COC(=O)Cc1ccccc1C1CCCN(C(=O)c2ccc(F)cc2)C1. The van der Waals surface area contributed by atoms with Gasteiger partial charge in [0.15, 0.2) is 0 Å². The van der Waals surface area contributed by atoms with Crippen molar-refractivity contribution in [2.24, 2.45) is 0 Å². The van der Waals surface area contributed by atoms with E-state index >= 15 is 0 Å². The van der Waals surface area contributed by atoms with E-state index < -0.39 is 0 Å². The molecule has 1 fully saturated rings. The number of halogens is 1. The third kappa shape index (κ3) is 4.10. The summed E-state index contributed by atoms with van der Waals surface area (Å²) in [6.45, 7) is 1.28. The molecule has 1 atom stereocenters. The summed E-state index contributed by atoms with van der Waals surface area (Å²) in [5, 5.41) is 0. The summed E-state index contributed by atoms with van der Waals surface area (Å²) in [5.74, 6) is -0.531. The number of carbonyl (C=O) groups is 2.